The molecule has 2 N–H and O–H groups in total. The Hall–Kier alpha value is -1.36. The number of rotatable bonds is 3. The number of amides is 1. The van der Waals surface area contributed by atoms with Crippen molar-refractivity contribution in [1.82, 2.24) is 5.32 Å². The van der Waals surface area contributed by atoms with E-state index in [9.17, 15) is 14.7 Å². The molecule has 0 aromatic heterocycles. The lowest BCUT2D eigenvalue weighted by Gasteiger charge is -2.33. The van der Waals surface area contributed by atoms with E-state index < -0.39 is 17.8 Å². The molecular formula is C14H21NO4. The summed E-state index contributed by atoms with van der Waals surface area (Å²) in [5.74, 6) is -2.17. The molecule has 1 heterocycles. The van der Waals surface area contributed by atoms with Crippen LogP contribution in [0.5, 0.6) is 0 Å². The van der Waals surface area contributed by atoms with Crippen LogP contribution < -0.4 is 5.32 Å². The molecule has 1 saturated heterocycles. The molecule has 4 unspecified atom stereocenters. The summed E-state index contributed by atoms with van der Waals surface area (Å²) in [6, 6.07) is 0. The van der Waals surface area contributed by atoms with Crippen LogP contribution in [0, 0.1) is 11.8 Å². The molecule has 0 radical (unpaired) electrons. The van der Waals surface area contributed by atoms with E-state index in [4.69, 9.17) is 4.74 Å². The van der Waals surface area contributed by atoms with Crippen molar-refractivity contribution in [3.8, 4) is 0 Å². The van der Waals surface area contributed by atoms with Gasteiger partial charge in [-0.05, 0) is 33.1 Å². The zero-order chi connectivity index (χ0) is 14.0. The van der Waals surface area contributed by atoms with Crippen molar-refractivity contribution in [1.29, 1.82) is 0 Å². The third kappa shape index (κ3) is 2.81. The largest absolute Gasteiger partial charge is 0.481 e. The minimum Gasteiger partial charge on any atom is -0.481 e. The van der Waals surface area contributed by atoms with Gasteiger partial charge in [0, 0.05) is 6.61 Å². The number of hydrogen-bond donors (Lipinski definition) is 2. The highest BCUT2D eigenvalue weighted by atomic mass is 16.5. The van der Waals surface area contributed by atoms with Crippen LogP contribution in [0.4, 0.5) is 0 Å². The first-order valence-corrected chi connectivity index (χ1v) is 6.75. The number of ether oxygens (including phenoxy) is 1. The van der Waals surface area contributed by atoms with Gasteiger partial charge in [0.2, 0.25) is 5.91 Å². The van der Waals surface area contributed by atoms with E-state index in [1.165, 1.54) is 0 Å². The third-order valence-electron chi connectivity index (χ3n) is 4.38. The molecule has 0 aromatic carbocycles. The average molecular weight is 267 g/mol. The molecule has 1 fully saturated rings. The van der Waals surface area contributed by atoms with Crippen LogP contribution in [0.2, 0.25) is 0 Å². The molecule has 106 valence electrons. The number of carbonyl (C=O) groups is 2. The van der Waals surface area contributed by atoms with E-state index in [0.717, 1.165) is 6.42 Å². The summed E-state index contributed by atoms with van der Waals surface area (Å²) in [6.45, 7) is 4.52. The summed E-state index contributed by atoms with van der Waals surface area (Å²) in [4.78, 5) is 23.6. The number of carboxylic acid groups (broad SMARTS) is 1. The molecule has 5 nitrogen and oxygen atoms in total. The number of hydrogen-bond acceptors (Lipinski definition) is 3. The highest BCUT2D eigenvalue weighted by Crippen LogP contribution is 2.29. The third-order valence-corrected chi connectivity index (χ3v) is 4.38. The van der Waals surface area contributed by atoms with Crippen LogP contribution in [-0.4, -0.2) is 35.2 Å². The SMILES string of the molecule is CC1OCCC1(C)NC(=O)C1CC=CCC1C(=O)O. The normalized spacial score (nSPS) is 38.1. The molecule has 1 amide bonds. The molecule has 2 rings (SSSR count). The molecule has 5 heteroatoms. The van der Waals surface area contributed by atoms with Gasteiger partial charge in [0.05, 0.1) is 23.5 Å². The second kappa shape index (κ2) is 5.33. The number of aliphatic carboxylic acids is 1. The van der Waals surface area contributed by atoms with Gasteiger partial charge in [0.25, 0.3) is 0 Å². The summed E-state index contributed by atoms with van der Waals surface area (Å²) >= 11 is 0. The number of carboxylic acids is 1. The molecule has 1 aliphatic carbocycles. The Balaban J connectivity index is 2.06. The number of allylic oxidation sites excluding steroid dienone is 2. The zero-order valence-corrected chi connectivity index (χ0v) is 11.4. The first-order chi connectivity index (χ1) is 8.94. The summed E-state index contributed by atoms with van der Waals surface area (Å²) in [5, 5.41) is 12.2. The molecule has 1 aliphatic heterocycles. The van der Waals surface area contributed by atoms with Gasteiger partial charge in [-0.25, -0.2) is 0 Å². The van der Waals surface area contributed by atoms with Crippen molar-refractivity contribution >= 4 is 11.9 Å². The topological polar surface area (TPSA) is 75.6 Å². The zero-order valence-electron chi connectivity index (χ0n) is 11.4. The predicted molar refractivity (Wildman–Crippen MR) is 69.6 cm³/mol. The van der Waals surface area contributed by atoms with E-state index >= 15 is 0 Å². The second-order valence-corrected chi connectivity index (χ2v) is 5.66. The van der Waals surface area contributed by atoms with Crippen LogP contribution in [-0.2, 0) is 14.3 Å². The van der Waals surface area contributed by atoms with Gasteiger partial charge in [-0.2, -0.15) is 0 Å². The van der Waals surface area contributed by atoms with E-state index in [-0.39, 0.29) is 17.6 Å². The van der Waals surface area contributed by atoms with Gasteiger partial charge in [-0.1, -0.05) is 12.2 Å². The first-order valence-electron chi connectivity index (χ1n) is 6.75. The van der Waals surface area contributed by atoms with Crippen molar-refractivity contribution in [2.24, 2.45) is 11.8 Å². The monoisotopic (exact) mass is 267 g/mol. The molecule has 0 bridgehead atoms. The van der Waals surface area contributed by atoms with Crippen LogP contribution >= 0.6 is 0 Å². The van der Waals surface area contributed by atoms with Gasteiger partial charge in [0.15, 0.2) is 0 Å². The lowest BCUT2D eigenvalue weighted by atomic mass is 9.81. The summed E-state index contributed by atoms with van der Waals surface area (Å²) in [6.07, 6.45) is 5.37. The first kappa shape index (κ1) is 14.1. The van der Waals surface area contributed by atoms with Crippen molar-refractivity contribution in [3.63, 3.8) is 0 Å². The average Bonchev–Trinajstić information content (AvgIpc) is 2.69. The van der Waals surface area contributed by atoms with Crippen LogP contribution in [0.25, 0.3) is 0 Å². The minimum atomic E-state index is -0.898. The highest BCUT2D eigenvalue weighted by Gasteiger charge is 2.42. The van der Waals surface area contributed by atoms with E-state index in [1.54, 1.807) is 0 Å². The van der Waals surface area contributed by atoms with E-state index in [1.807, 2.05) is 26.0 Å². The molecular weight excluding hydrogens is 246 g/mol. The summed E-state index contributed by atoms with van der Waals surface area (Å²) < 4.78 is 5.49. The Kier molecular flexibility index (Phi) is 3.94. The van der Waals surface area contributed by atoms with Crippen LogP contribution in [0.3, 0.4) is 0 Å². The summed E-state index contributed by atoms with van der Waals surface area (Å²) in [7, 11) is 0. The molecule has 19 heavy (non-hydrogen) atoms. The smallest absolute Gasteiger partial charge is 0.307 e. The Morgan fingerprint density at radius 2 is 1.95 bits per heavy atom. The van der Waals surface area contributed by atoms with Crippen LogP contribution in [0.1, 0.15) is 33.1 Å². The Morgan fingerprint density at radius 3 is 2.47 bits per heavy atom. The maximum Gasteiger partial charge on any atom is 0.307 e. The van der Waals surface area contributed by atoms with Gasteiger partial charge >= 0.3 is 5.97 Å². The summed E-state index contributed by atoms with van der Waals surface area (Å²) in [5.41, 5.74) is -0.388. The Morgan fingerprint density at radius 1 is 1.32 bits per heavy atom. The Labute approximate surface area is 113 Å². The fraction of sp³-hybridized carbons (Fsp3) is 0.714. The molecule has 4 atom stereocenters. The van der Waals surface area contributed by atoms with Gasteiger partial charge in [-0.3, -0.25) is 9.59 Å². The van der Waals surface area contributed by atoms with Crippen molar-refractivity contribution in [2.75, 3.05) is 6.61 Å². The van der Waals surface area contributed by atoms with Gasteiger partial charge in [-0.15, -0.1) is 0 Å². The van der Waals surface area contributed by atoms with Gasteiger partial charge in [0.1, 0.15) is 0 Å². The lowest BCUT2D eigenvalue weighted by molar-refractivity contribution is -0.147. The molecule has 0 aromatic rings. The second-order valence-electron chi connectivity index (χ2n) is 5.66. The van der Waals surface area contributed by atoms with Crippen molar-refractivity contribution < 1.29 is 19.4 Å². The quantitative estimate of drug-likeness (QED) is 0.757. The maximum atomic E-state index is 12.4. The number of nitrogens with one attached hydrogen (secondary N) is 1. The van der Waals surface area contributed by atoms with Crippen molar-refractivity contribution in [2.45, 2.75) is 44.8 Å². The molecule has 0 saturated carbocycles. The standard InChI is InChI=1S/C14H21NO4/c1-9-14(2,7-8-19-9)15-12(16)10-5-3-4-6-11(10)13(17)18/h3-4,9-11H,5-8H2,1-2H3,(H,15,16)(H,17,18). The van der Waals surface area contributed by atoms with Crippen molar-refractivity contribution in [3.05, 3.63) is 12.2 Å². The maximum absolute atomic E-state index is 12.4. The number of carbonyl (C=O) groups excluding carboxylic acids is 1. The fourth-order valence-corrected chi connectivity index (χ4v) is 2.75. The fourth-order valence-electron chi connectivity index (χ4n) is 2.75. The van der Waals surface area contributed by atoms with E-state index in [2.05, 4.69) is 5.32 Å². The van der Waals surface area contributed by atoms with E-state index in [0.29, 0.717) is 19.4 Å². The van der Waals surface area contributed by atoms with Crippen LogP contribution in [0.15, 0.2) is 12.2 Å². The molecule has 2 aliphatic rings. The lowest BCUT2D eigenvalue weighted by Crippen LogP contribution is -2.53. The Bertz CT molecular complexity index is 406. The molecule has 0 spiro atoms. The minimum absolute atomic E-state index is 0.0427. The highest BCUT2D eigenvalue weighted by molar-refractivity contribution is 5.85. The predicted octanol–water partition coefficient (Wildman–Crippen LogP) is 1.34. The van der Waals surface area contributed by atoms with Gasteiger partial charge < -0.3 is 15.2 Å².